The van der Waals surface area contributed by atoms with Gasteiger partial charge in [0, 0.05) is 25.2 Å². The quantitative estimate of drug-likeness (QED) is 0.922. The molecule has 1 saturated heterocycles. The van der Waals surface area contributed by atoms with E-state index in [1.54, 1.807) is 0 Å². The molecule has 1 N–H and O–H groups in total. The second-order valence-electron chi connectivity index (χ2n) is 6.00. The molecule has 0 unspecified atom stereocenters. The van der Waals surface area contributed by atoms with Crippen LogP contribution in [-0.4, -0.2) is 45.9 Å². The summed E-state index contributed by atoms with van der Waals surface area (Å²) in [5.41, 5.74) is 1.38. The monoisotopic (exact) mass is 344 g/mol. The number of aromatic nitrogens is 2. The third-order valence-corrected chi connectivity index (χ3v) is 5.15. The lowest BCUT2D eigenvalue weighted by Crippen LogP contribution is -2.41. The molecule has 2 aromatic rings. The van der Waals surface area contributed by atoms with Gasteiger partial charge in [-0.25, -0.2) is 0 Å². The maximum atomic E-state index is 12.4. The second kappa shape index (κ2) is 7.53. The Hall–Kier alpha value is -2.28. The number of carbonyl (C=O) groups is 2. The molecule has 1 aromatic heterocycles. The first kappa shape index (κ1) is 16.6. The van der Waals surface area contributed by atoms with Crippen LogP contribution in [0.5, 0.6) is 0 Å². The van der Waals surface area contributed by atoms with Gasteiger partial charge in [-0.1, -0.05) is 22.7 Å². The van der Waals surface area contributed by atoms with Crippen LogP contribution in [0.1, 0.15) is 38.6 Å². The zero-order valence-corrected chi connectivity index (χ0v) is 14.4. The molecular formula is C17H20N4O2S. The molecule has 0 spiro atoms. The van der Waals surface area contributed by atoms with E-state index in [-0.39, 0.29) is 11.8 Å². The van der Waals surface area contributed by atoms with Gasteiger partial charge >= 0.3 is 0 Å². The molecule has 24 heavy (non-hydrogen) atoms. The zero-order chi connectivity index (χ0) is 16.9. The number of likely N-dealkylation sites (tertiary alicyclic amines) is 1. The zero-order valence-electron chi connectivity index (χ0n) is 13.6. The van der Waals surface area contributed by atoms with Gasteiger partial charge in [0.1, 0.15) is 4.88 Å². The molecule has 3 rings (SSSR count). The van der Waals surface area contributed by atoms with Crippen LogP contribution in [-0.2, 0) is 0 Å². The first-order valence-corrected chi connectivity index (χ1v) is 8.84. The Morgan fingerprint density at radius 2 is 1.96 bits per heavy atom. The van der Waals surface area contributed by atoms with Crippen molar-refractivity contribution in [2.24, 2.45) is 5.92 Å². The summed E-state index contributed by atoms with van der Waals surface area (Å²) >= 11 is 1.15. The van der Waals surface area contributed by atoms with E-state index in [1.165, 1.54) is 0 Å². The molecule has 7 heteroatoms. The van der Waals surface area contributed by atoms with Crippen molar-refractivity contribution in [1.82, 2.24) is 19.8 Å². The fourth-order valence-corrected chi connectivity index (χ4v) is 3.47. The number of nitrogens with zero attached hydrogens (tertiary/aromatic N) is 3. The molecule has 1 aliphatic rings. The van der Waals surface area contributed by atoms with E-state index in [9.17, 15) is 9.59 Å². The van der Waals surface area contributed by atoms with Gasteiger partial charge in [0.15, 0.2) is 0 Å². The molecule has 0 aliphatic carbocycles. The lowest BCUT2D eigenvalue weighted by molar-refractivity contribution is 0.0688. The van der Waals surface area contributed by atoms with Crippen LogP contribution >= 0.6 is 11.5 Å². The van der Waals surface area contributed by atoms with Gasteiger partial charge in [0.25, 0.3) is 11.8 Å². The average Bonchev–Trinajstić information content (AvgIpc) is 3.06. The molecular weight excluding hydrogens is 324 g/mol. The summed E-state index contributed by atoms with van der Waals surface area (Å²) in [6.45, 7) is 3.88. The highest BCUT2D eigenvalue weighted by atomic mass is 32.1. The van der Waals surface area contributed by atoms with Gasteiger partial charge in [-0.3, -0.25) is 9.59 Å². The molecule has 6 nitrogen and oxygen atoms in total. The van der Waals surface area contributed by atoms with Crippen LogP contribution in [0.3, 0.4) is 0 Å². The molecule has 1 aliphatic heterocycles. The predicted octanol–water partition coefficient (Wildman–Crippen LogP) is 2.13. The summed E-state index contributed by atoms with van der Waals surface area (Å²) in [6, 6.07) is 9.22. The predicted molar refractivity (Wildman–Crippen MR) is 92.0 cm³/mol. The third kappa shape index (κ3) is 3.79. The normalized spacial score (nSPS) is 15.3. The number of aryl methyl sites for hydroxylation is 1. The van der Waals surface area contributed by atoms with E-state index in [4.69, 9.17) is 0 Å². The van der Waals surface area contributed by atoms with Gasteiger partial charge in [0.05, 0.1) is 5.69 Å². The van der Waals surface area contributed by atoms with Crippen molar-refractivity contribution in [3.8, 4) is 0 Å². The topological polar surface area (TPSA) is 75.2 Å². The number of hydrogen-bond acceptors (Lipinski definition) is 5. The van der Waals surface area contributed by atoms with E-state index in [0.29, 0.717) is 41.7 Å². The van der Waals surface area contributed by atoms with E-state index in [2.05, 4.69) is 14.9 Å². The van der Waals surface area contributed by atoms with Crippen molar-refractivity contribution < 1.29 is 9.59 Å². The number of carbonyl (C=O) groups excluding carboxylic acids is 2. The highest BCUT2D eigenvalue weighted by Crippen LogP contribution is 2.20. The Balaban J connectivity index is 1.46. The van der Waals surface area contributed by atoms with Gasteiger partial charge < -0.3 is 10.2 Å². The molecule has 0 saturated carbocycles. The van der Waals surface area contributed by atoms with Crippen LogP contribution in [0, 0.1) is 12.8 Å². The summed E-state index contributed by atoms with van der Waals surface area (Å²) in [5, 5.41) is 6.89. The Labute approximate surface area is 145 Å². The second-order valence-corrected chi connectivity index (χ2v) is 6.75. The summed E-state index contributed by atoms with van der Waals surface area (Å²) in [6.07, 6.45) is 1.79. The Morgan fingerprint density at radius 3 is 2.58 bits per heavy atom. The molecule has 1 fully saturated rings. The van der Waals surface area contributed by atoms with E-state index in [0.717, 1.165) is 24.4 Å². The Kier molecular flexibility index (Phi) is 5.20. The molecule has 126 valence electrons. The summed E-state index contributed by atoms with van der Waals surface area (Å²) in [4.78, 5) is 27.0. The molecule has 1 aromatic carbocycles. The highest BCUT2D eigenvalue weighted by molar-refractivity contribution is 7.07. The van der Waals surface area contributed by atoms with Crippen molar-refractivity contribution >= 4 is 23.3 Å². The van der Waals surface area contributed by atoms with E-state index >= 15 is 0 Å². The molecule has 0 atom stereocenters. The van der Waals surface area contributed by atoms with Crippen molar-refractivity contribution in [3.63, 3.8) is 0 Å². The minimum atomic E-state index is -0.0412. The highest BCUT2D eigenvalue weighted by Gasteiger charge is 2.26. The molecule has 0 bridgehead atoms. The van der Waals surface area contributed by atoms with Crippen LogP contribution in [0.2, 0.25) is 0 Å². The summed E-state index contributed by atoms with van der Waals surface area (Å²) < 4.78 is 3.83. The fourth-order valence-electron chi connectivity index (χ4n) is 2.84. The molecule has 0 radical (unpaired) electrons. The maximum absolute atomic E-state index is 12.4. The lowest BCUT2D eigenvalue weighted by Gasteiger charge is -2.31. The standard InChI is InChI=1S/C17H20N4O2S/c1-12-15(24-20-19-12)17(23)21-9-7-13(8-10-21)11-18-16(22)14-5-3-2-4-6-14/h2-6,13H,7-11H2,1H3,(H,18,22). The number of hydrogen-bond donors (Lipinski definition) is 1. The van der Waals surface area contributed by atoms with Crippen LogP contribution in [0.15, 0.2) is 30.3 Å². The van der Waals surface area contributed by atoms with E-state index in [1.807, 2.05) is 42.2 Å². The van der Waals surface area contributed by atoms with Gasteiger partial charge in [0.2, 0.25) is 0 Å². The number of nitrogens with one attached hydrogen (secondary N) is 1. The fraction of sp³-hybridized carbons (Fsp3) is 0.412. The minimum absolute atomic E-state index is 0.0225. The Bertz CT molecular complexity index is 708. The number of rotatable bonds is 4. The van der Waals surface area contributed by atoms with Crippen LogP contribution in [0.25, 0.3) is 0 Å². The van der Waals surface area contributed by atoms with Crippen LogP contribution < -0.4 is 5.32 Å². The first-order valence-electron chi connectivity index (χ1n) is 8.06. The van der Waals surface area contributed by atoms with E-state index < -0.39 is 0 Å². The number of benzene rings is 1. The molecule has 2 amide bonds. The van der Waals surface area contributed by atoms with Gasteiger partial charge in [-0.15, -0.1) is 5.10 Å². The Morgan fingerprint density at radius 1 is 1.25 bits per heavy atom. The minimum Gasteiger partial charge on any atom is -0.352 e. The van der Waals surface area contributed by atoms with Crippen molar-refractivity contribution in [1.29, 1.82) is 0 Å². The van der Waals surface area contributed by atoms with Crippen molar-refractivity contribution in [2.75, 3.05) is 19.6 Å². The first-order chi connectivity index (χ1) is 11.6. The molecule has 2 heterocycles. The summed E-state index contributed by atoms with van der Waals surface area (Å²) in [7, 11) is 0. The smallest absolute Gasteiger partial charge is 0.267 e. The maximum Gasteiger partial charge on any atom is 0.267 e. The van der Waals surface area contributed by atoms with Crippen molar-refractivity contribution in [3.05, 3.63) is 46.5 Å². The van der Waals surface area contributed by atoms with Crippen LogP contribution in [0.4, 0.5) is 0 Å². The largest absolute Gasteiger partial charge is 0.352 e. The van der Waals surface area contributed by atoms with Gasteiger partial charge in [-0.05, 0) is 49.3 Å². The lowest BCUT2D eigenvalue weighted by atomic mass is 9.96. The van der Waals surface area contributed by atoms with Gasteiger partial charge in [-0.2, -0.15) is 0 Å². The third-order valence-electron chi connectivity index (χ3n) is 4.33. The summed E-state index contributed by atoms with van der Waals surface area (Å²) in [5.74, 6) is 0.386. The number of piperidine rings is 1. The number of amides is 2. The average molecular weight is 344 g/mol. The van der Waals surface area contributed by atoms with Crippen molar-refractivity contribution in [2.45, 2.75) is 19.8 Å². The SMILES string of the molecule is Cc1nnsc1C(=O)N1CCC(CNC(=O)c2ccccc2)CC1.